The molecule has 0 aromatic heterocycles. The second-order valence-electron chi connectivity index (χ2n) is 3.25. The van der Waals surface area contributed by atoms with Gasteiger partial charge in [-0.05, 0) is 12.1 Å². The number of methoxy groups -OCH3 is 2. The lowest BCUT2D eigenvalue weighted by molar-refractivity contribution is -0.106. The molecule has 0 amide bonds. The Labute approximate surface area is 104 Å². The van der Waals surface area contributed by atoms with Gasteiger partial charge in [0, 0.05) is 19.8 Å². The van der Waals surface area contributed by atoms with Crippen molar-refractivity contribution >= 4 is 23.1 Å². The summed E-state index contributed by atoms with van der Waals surface area (Å²) in [5.74, 6) is -0.289. The van der Waals surface area contributed by atoms with Gasteiger partial charge in [0.1, 0.15) is 17.3 Å². The zero-order valence-electron chi connectivity index (χ0n) is 9.61. The third-order valence-electron chi connectivity index (χ3n) is 2.07. The van der Waals surface area contributed by atoms with Crippen LogP contribution in [-0.2, 0) is 9.47 Å². The van der Waals surface area contributed by atoms with Gasteiger partial charge >= 0.3 is 0 Å². The summed E-state index contributed by atoms with van der Waals surface area (Å²) < 4.78 is 23.7. The summed E-state index contributed by atoms with van der Waals surface area (Å²) in [6.45, 7) is 0. The van der Waals surface area contributed by atoms with Crippen molar-refractivity contribution in [3.8, 4) is 0 Å². The average molecular weight is 261 g/mol. The summed E-state index contributed by atoms with van der Waals surface area (Å²) in [5, 5.41) is 0. The van der Waals surface area contributed by atoms with E-state index in [1.165, 1.54) is 26.4 Å². The Balaban J connectivity index is 3.01. The van der Waals surface area contributed by atoms with E-state index in [1.54, 1.807) is 6.07 Å². The molecule has 0 heterocycles. The molecule has 0 saturated heterocycles. The first-order valence-corrected chi connectivity index (χ1v) is 5.39. The fourth-order valence-corrected chi connectivity index (χ4v) is 1.37. The van der Waals surface area contributed by atoms with E-state index < -0.39 is 12.1 Å². The number of hydrogen-bond acceptors (Lipinski definition) is 3. The summed E-state index contributed by atoms with van der Waals surface area (Å²) in [6.07, 6.45) is -0.604. The first-order valence-electron chi connectivity index (χ1n) is 4.86. The maximum atomic E-state index is 13.7. The topological polar surface area (TPSA) is 56.8 Å². The molecule has 1 aromatic rings. The van der Waals surface area contributed by atoms with Crippen LogP contribution in [0.25, 0.3) is 0 Å². The number of halogens is 2. The van der Waals surface area contributed by atoms with Crippen LogP contribution < -0.4 is 5.73 Å². The fourth-order valence-electron chi connectivity index (χ4n) is 1.31. The molecule has 0 spiro atoms. The smallest absolute Gasteiger partial charge is 0.183 e. The molecule has 0 radical (unpaired) electrons. The van der Waals surface area contributed by atoms with Crippen LogP contribution in [0.15, 0.2) is 23.2 Å². The van der Waals surface area contributed by atoms with Crippen LogP contribution in [0.2, 0.25) is 0 Å². The van der Waals surface area contributed by atoms with Crippen molar-refractivity contribution in [1.29, 1.82) is 0 Å². The van der Waals surface area contributed by atoms with Crippen LogP contribution in [0.1, 0.15) is 11.9 Å². The maximum absolute atomic E-state index is 13.7. The highest BCUT2D eigenvalue weighted by atomic mass is 35.5. The normalized spacial score (nSPS) is 12.2. The van der Waals surface area contributed by atoms with E-state index in [-0.39, 0.29) is 17.4 Å². The van der Waals surface area contributed by atoms with Gasteiger partial charge < -0.3 is 15.2 Å². The summed E-state index contributed by atoms with van der Waals surface area (Å²) >= 11 is 5.46. The third kappa shape index (κ3) is 3.66. The SMILES string of the molecule is COC(OC)c1ccc(N=C(N)CCl)c(F)c1. The molecule has 0 aliphatic rings. The van der Waals surface area contributed by atoms with Crippen molar-refractivity contribution in [1.82, 2.24) is 0 Å². The summed E-state index contributed by atoms with van der Waals surface area (Å²) in [4.78, 5) is 3.84. The number of alkyl halides is 1. The maximum Gasteiger partial charge on any atom is 0.183 e. The molecule has 0 aliphatic heterocycles. The van der Waals surface area contributed by atoms with E-state index in [4.69, 9.17) is 26.8 Å². The van der Waals surface area contributed by atoms with Crippen molar-refractivity contribution in [2.45, 2.75) is 6.29 Å². The number of nitrogens with two attached hydrogens (primary N) is 1. The monoisotopic (exact) mass is 260 g/mol. The molecular formula is C11H14ClFN2O2. The van der Waals surface area contributed by atoms with E-state index >= 15 is 0 Å². The molecule has 0 saturated carbocycles. The van der Waals surface area contributed by atoms with Gasteiger partial charge in [0.25, 0.3) is 0 Å². The third-order valence-corrected chi connectivity index (χ3v) is 2.35. The van der Waals surface area contributed by atoms with E-state index in [2.05, 4.69) is 4.99 Å². The molecule has 0 atom stereocenters. The van der Waals surface area contributed by atoms with E-state index in [0.29, 0.717) is 5.56 Å². The van der Waals surface area contributed by atoms with Gasteiger partial charge in [-0.2, -0.15) is 0 Å². The molecule has 1 aromatic carbocycles. The molecular weight excluding hydrogens is 247 g/mol. The molecule has 17 heavy (non-hydrogen) atoms. The minimum atomic E-state index is -0.604. The lowest BCUT2D eigenvalue weighted by Gasteiger charge is -2.13. The highest BCUT2D eigenvalue weighted by Crippen LogP contribution is 2.24. The molecule has 2 N–H and O–H groups in total. The number of hydrogen-bond donors (Lipinski definition) is 1. The number of nitrogens with zero attached hydrogens (tertiary/aromatic N) is 1. The van der Waals surface area contributed by atoms with Gasteiger partial charge in [-0.3, -0.25) is 0 Å². The Kier molecular flexibility index (Phi) is 5.34. The largest absolute Gasteiger partial charge is 0.386 e. The van der Waals surface area contributed by atoms with Crippen molar-refractivity contribution in [2.24, 2.45) is 10.7 Å². The minimum absolute atomic E-state index is 0.0555. The predicted molar refractivity (Wildman–Crippen MR) is 65.2 cm³/mol. The lowest BCUT2D eigenvalue weighted by Crippen LogP contribution is -2.12. The number of rotatable bonds is 5. The van der Waals surface area contributed by atoms with Crippen molar-refractivity contribution in [2.75, 3.05) is 20.1 Å². The molecule has 0 fully saturated rings. The second-order valence-corrected chi connectivity index (χ2v) is 3.52. The Morgan fingerprint density at radius 2 is 2.12 bits per heavy atom. The minimum Gasteiger partial charge on any atom is -0.386 e. The van der Waals surface area contributed by atoms with E-state index in [1.807, 2.05) is 0 Å². The van der Waals surface area contributed by atoms with Gasteiger partial charge in [0.15, 0.2) is 6.29 Å². The Morgan fingerprint density at radius 3 is 2.59 bits per heavy atom. The Bertz CT molecular complexity index is 408. The molecule has 4 nitrogen and oxygen atoms in total. The van der Waals surface area contributed by atoms with Crippen LogP contribution in [0.5, 0.6) is 0 Å². The van der Waals surface area contributed by atoms with Crippen LogP contribution in [-0.4, -0.2) is 25.9 Å². The van der Waals surface area contributed by atoms with Gasteiger partial charge in [-0.25, -0.2) is 9.38 Å². The zero-order chi connectivity index (χ0) is 12.8. The van der Waals surface area contributed by atoms with Gasteiger partial charge in [-0.15, -0.1) is 11.6 Å². The summed E-state index contributed by atoms with van der Waals surface area (Å²) in [6, 6.07) is 4.44. The number of amidine groups is 1. The highest BCUT2D eigenvalue weighted by Gasteiger charge is 2.11. The van der Waals surface area contributed by atoms with Gasteiger partial charge in [0.2, 0.25) is 0 Å². The Morgan fingerprint density at radius 1 is 1.47 bits per heavy atom. The predicted octanol–water partition coefficient (Wildman–Crippen LogP) is 2.34. The standard InChI is InChI=1S/C11H14ClFN2O2/c1-16-11(17-2)7-3-4-9(8(13)5-7)15-10(14)6-12/h3-5,11H,6H2,1-2H3,(H2,14,15). The van der Waals surface area contributed by atoms with Crippen molar-refractivity contribution < 1.29 is 13.9 Å². The van der Waals surface area contributed by atoms with Gasteiger partial charge in [0.05, 0.1) is 5.88 Å². The summed E-state index contributed by atoms with van der Waals surface area (Å²) in [5.41, 5.74) is 6.13. The van der Waals surface area contributed by atoms with Crippen molar-refractivity contribution in [3.63, 3.8) is 0 Å². The number of ether oxygens (including phenoxy) is 2. The quantitative estimate of drug-likeness (QED) is 0.383. The van der Waals surface area contributed by atoms with Gasteiger partial charge in [-0.1, -0.05) is 6.07 Å². The number of benzene rings is 1. The summed E-state index contributed by atoms with van der Waals surface area (Å²) in [7, 11) is 2.95. The highest BCUT2D eigenvalue weighted by molar-refractivity contribution is 6.28. The molecule has 1 rings (SSSR count). The van der Waals surface area contributed by atoms with Crippen molar-refractivity contribution in [3.05, 3.63) is 29.6 Å². The number of aliphatic imine (C=N–C) groups is 1. The fraction of sp³-hybridized carbons (Fsp3) is 0.364. The molecule has 94 valence electrons. The van der Waals surface area contributed by atoms with Crippen LogP contribution in [0.4, 0.5) is 10.1 Å². The van der Waals surface area contributed by atoms with Crippen LogP contribution in [0, 0.1) is 5.82 Å². The average Bonchev–Trinajstić information content (AvgIpc) is 2.33. The molecule has 0 unspecified atom stereocenters. The van der Waals surface area contributed by atoms with Crippen LogP contribution in [0.3, 0.4) is 0 Å². The lowest BCUT2D eigenvalue weighted by atomic mass is 10.2. The molecule has 6 heteroatoms. The van der Waals surface area contributed by atoms with E-state index in [0.717, 1.165) is 0 Å². The van der Waals surface area contributed by atoms with E-state index in [9.17, 15) is 4.39 Å². The first kappa shape index (κ1) is 13.9. The first-order chi connectivity index (χ1) is 8.12. The Hall–Kier alpha value is -1.17. The molecule has 0 bridgehead atoms. The van der Waals surface area contributed by atoms with Crippen LogP contribution >= 0.6 is 11.6 Å². The second kappa shape index (κ2) is 6.54. The zero-order valence-corrected chi connectivity index (χ0v) is 10.4. The molecule has 0 aliphatic carbocycles.